The van der Waals surface area contributed by atoms with Gasteiger partial charge in [-0.25, -0.2) is 18.4 Å². The molecule has 188 valence electrons. The number of halogens is 4. The number of hydrogen-bond donors (Lipinski definition) is 1. The van der Waals surface area contributed by atoms with Crippen LogP contribution in [0.5, 0.6) is 0 Å². The third kappa shape index (κ3) is 4.93. The van der Waals surface area contributed by atoms with Crippen molar-refractivity contribution >= 4 is 52.5 Å². The number of likely N-dealkylation sites (tertiary alicyclic amines) is 1. The van der Waals surface area contributed by atoms with Crippen LogP contribution in [0.15, 0.2) is 41.6 Å². The second-order valence-electron chi connectivity index (χ2n) is 8.48. The Kier molecular flexibility index (Phi) is 6.67. The van der Waals surface area contributed by atoms with E-state index in [1.54, 1.807) is 31.2 Å². The first-order valence-electron chi connectivity index (χ1n) is 10.9. The number of hydrogen-bond acceptors (Lipinski definition) is 6. The van der Waals surface area contributed by atoms with Gasteiger partial charge in [0, 0.05) is 17.3 Å². The summed E-state index contributed by atoms with van der Waals surface area (Å²) in [4.78, 5) is 31.8. The van der Waals surface area contributed by atoms with Crippen molar-refractivity contribution in [1.82, 2.24) is 19.7 Å². The third-order valence-corrected chi connectivity index (χ3v) is 7.21. The number of alkyl halides is 2. The highest BCUT2D eigenvalue weighted by Crippen LogP contribution is 2.34. The number of carbonyl (C=O) groups is 2. The van der Waals surface area contributed by atoms with Crippen LogP contribution in [0.2, 0.25) is 10.0 Å². The normalized spacial score (nSPS) is 16.9. The van der Waals surface area contributed by atoms with Gasteiger partial charge in [-0.1, -0.05) is 35.0 Å². The van der Waals surface area contributed by atoms with Crippen molar-refractivity contribution in [1.29, 1.82) is 0 Å². The molecule has 2 aromatic heterocycles. The van der Waals surface area contributed by atoms with Gasteiger partial charge in [-0.3, -0.25) is 9.59 Å². The predicted octanol–water partition coefficient (Wildman–Crippen LogP) is 4.72. The lowest BCUT2D eigenvalue weighted by Crippen LogP contribution is -2.58. The molecule has 2 fully saturated rings. The van der Waals surface area contributed by atoms with E-state index in [4.69, 9.17) is 27.9 Å². The molecule has 2 aliphatic rings. The maximum Gasteiger partial charge on any atom is 0.282 e. The molecule has 1 N–H and O–H groups in total. The van der Waals surface area contributed by atoms with Crippen LogP contribution in [0.3, 0.4) is 0 Å². The Bertz CT molecular complexity index is 1360. The van der Waals surface area contributed by atoms with Crippen molar-refractivity contribution in [2.45, 2.75) is 23.1 Å². The number of rotatable bonds is 6. The zero-order valence-electron chi connectivity index (χ0n) is 18.8. The van der Waals surface area contributed by atoms with Crippen LogP contribution in [0.4, 0.5) is 14.5 Å². The molecule has 0 spiro atoms. The molecule has 2 aliphatic heterocycles. The molecule has 0 atom stereocenters. The molecular weight excluding hydrogens is 535 g/mol. The van der Waals surface area contributed by atoms with Crippen molar-refractivity contribution < 1.29 is 23.1 Å². The van der Waals surface area contributed by atoms with Crippen LogP contribution in [0.1, 0.15) is 26.4 Å². The van der Waals surface area contributed by atoms with Crippen LogP contribution in [-0.4, -0.2) is 69.0 Å². The van der Waals surface area contributed by atoms with E-state index in [2.05, 4.69) is 15.4 Å². The lowest BCUT2D eigenvalue weighted by atomic mass is 10.0. The molecule has 3 aromatic rings. The van der Waals surface area contributed by atoms with Crippen molar-refractivity contribution in [3.63, 3.8) is 0 Å². The van der Waals surface area contributed by atoms with Crippen molar-refractivity contribution in [3.8, 4) is 5.82 Å². The summed E-state index contributed by atoms with van der Waals surface area (Å²) < 4.78 is 33.3. The number of aryl methyl sites for hydroxylation is 1. The fraction of sp³-hybridized carbons (Fsp3) is 0.304. The Labute approximate surface area is 218 Å². The van der Waals surface area contributed by atoms with Crippen molar-refractivity contribution in [2.75, 3.05) is 31.6 Å². The first-order chi connectivity index (χ1) is 17.1. The van der Waals surface area contributed by atoms with E-state index in [-0.39, 0.29) is 38.1 Å². The Morgan fingerprint density at radius 2 is 1.97 bits per heavy atom. The second-order valence-corrected chi connectivity index (χ2v) is 10.6. The van der Waals surface area contributed by atoms with Crippen LogP contribution in [-0.2, 0) is 4.74 Å². The topological polar surface area (TPSA) is 89.4 Å². The molecule has 0 saturated carbocycles. The van der Waals surface area contributed by atoms with Gasteiger partial charge in [-0.05, 0) is 36.8 Å². The van der Waals surface area contributed by atoms with Crippen LogP contribution in [0.25, 0.3) is 5.82 Å². The van der Waals surface area contributed by atoms with Gasteiger partial charge in [-0.15, -0.1) is 0 Å². The van der Waals surface area contributed by atoms with Gasteiger partial charge in [-0.2, -0.15) is 5.10 Å². The first-order valence-corrected chi connectivity index (χ1v) is 12.5. The van der Waals surface area contributed by atoms with E-state index in [0.717, 1.165) is 4.90 Å². The molecule has 4 heterocycles. The Hall–Kier alpha value is -2.73. The molecule has 36 heavy (non-hydrogen) atoms. The summed E-state index contributed by atoms with van der Waals surface area (Å²) in [6, 6.07) is 7.82. The molecule has 0 aliphatic carbocycles. The van der Waals surface area contributed by atoms with E-state index in [9.17, 15) is 18.4 Å². The third-order valence-electron chi connectivity index (χ3n) is 5.65. The highest BCUT2D eigenvalue weighted by Gasteiger charge is 2.47. The molecule has 13 heteroatoms. The molecular formula is C23H19Cl2F2N5O3S. The van der Waals surface area contributed by atoms with Crippen molar-refractivity contribution in [3.05, 3.63) is 63.4 Å². The first kappa shape index (κ1) is 24.9. The second kappa shape index (κ2) is 9.62. The Morgan fingerprint density at radius 1 is 1.22 bits per heavy atom. The van der Waals surface area contributed by atoms with Gasteiger partial charge in [0.2, 0.25) is 0 Å². The molecule has 1 aromatic carbocycles. The zero-order valence-corrected chi connectivity index (χ0v) is 21.1. The highest BCUT2D eigenvalue weighted by molar-refractivity contribution is 8.00. The van der Waals surface area contributed by atoms with Gasteiger partial charge in [0.1, 0.15) is 10.7 Å². The summed E-state index contributed by atoms with van der Waals surface area (Å²) in [7, 11) is 0. The number of amides is 2. The fourth-order valence-electron chi connectivity index (χ4n) is 3.81. The van der Waals surface area contributed by atoms with E-state index < -0.39 is 30.8 Å². The SMILES string of the molecule is Cc1cc(Cl)cc(C(=O)N2CC(F)(F)C2)c1NC(=O)c1cc(SC2COC2)nn1-c1ncccc1Cl. The Morgan fingerprint density at radius 3 is 2.61 bits per heavy atom. The largest absolute Gasteiger partial charge is 0.379 e. The number of nitrogens with one attached hydrogen (secondary N) is 1. The van der Waals surface area contributed by atoms with Gasteiger partial charge < -0.3 is 15.0 Å². The molecule has 0 radical (unpaired) electrons. The predicted molar refractivity (Wildman–Crippen MR) is 132 cm³/mol. The smallest absolute Gasteiger partial charge is 0.282 e. The lowest BCUT2D eigenvalue weighted by Gasteiger charge is -2.39. The van der Waals surface area contributed by atoms with Crippen LogP contribution in [0, 0.1) is 6.92 Å². The van der Waals surface area contributed by atoms with Gasteiger partial charge >= 0.3 is 0 Å². The number of anilines is 1. The molecule has 2 saturated heterocycles. The molecule has 5 rings (SSSR count). The zero-order chi connectivity index (χ0) is 25.6. The quantitative estimate of drug-likeness (QED) is 0.475. The minimum Gasteiger partial charge on any atom is -0.379 e. The lowest BCUT2D eigenvalue weighted by molar-refractivity contribution is -0.113. The van der Waals surface area contributed by atoms with Gasteiger partial charge in [0.15, 0.2) is 5.82 Å². The summed E-state index contributed by atoms with van der Waals surface area (Å²) in [6.45, 7) is 1.43. The number of benzene rings is 1. The maximum atomic E-state index is 13.5. The number of carbonyl (C=O) groups excluding carboxylic acids is 2. The number of pyridine rings is 1. The Balaban J connectivity index is 1.49. The van der Waals surface area contributed by atoms with E-state index in [1.807, 2.05) is 0 Å². The maximum absolute atomic E-state index is 13.5. The monoisotopic (exact) mass is 553 g/mol. The van der Waals surface area contributed by atoms with Gasteiger partial charge in [0.25, 0.3) is 17.7 Å². The van der Waals surface area contributed by atoms with E-state index >= 15 is 0 Å². The summed E-state index contributed by atoms with van der Waals surface area (Å²) in [5.41, 5.74) is 0.814. The number of ether oxygens (including phenoxy) is 1. The summed E-state index contributed by atoms with van der Waals surface area (Å²) in [6.07, 6.45) is 1.53. The van der Waals surface area contributed by atoms with Gasteiger partial charge in [0.05, 0.1) is 47.8 Å². The number of nitrogens with zero attached hydrogens (tertiary/aromatic N) is 4. The average Bonchev–Trinajstić information content (AvgIpc) is 3.20. The molecule has 2 amide bonds. The summed E-state index contributed by atoms with van der Waals surface area (Å²) in [5, 5.41) is 8.59. The minimum absolute atomic E-state index is 0.0204. The summed E-state index contributed by atoms with van der Waals surface area (Å²) >= 11 is 13.9. The van der Waals surface area contributed by atoms with Crippen molar-refractivity contribution in [2.24, 2.45) is 0 Å². The fourth-order valence-corrected chi connectivity index (χ4v) is 5.26. The summed E-state index contributed by atoms with van der Waals surface area (Å²) in [5.74, 6) is -3.91. The van der Waals surface area contributed by atoms with E-state index in [1.165, 1.54) is 28.7 Å². The molecule has 0 unspecified atom stereocenters. The van der Waals surface area contributed by atoms with Crippen LogP contribution < -0.4 is 5.32 Å². The number of aromatic nitrogens is 3. The highest BCUT2D eigenvalue weighted by atomic mass is 35.5. The van der Waals surface area contributed by atoms with E-state index in [0.29, 0.717) is 23.8 Å². The molecule has 0 bridgehead atoms. The standard InChI is InChI=1S/C23H19Cl2F2N5O3S/c1-12-5-13(24)6-15(22(34)31-10-23(26,27)11-31)19(12)29-21(33)17-7-18(36-14-8-35-9-14)30-32(17)20-16(25)3-2-4-28-20/h2-7,14H,8-11H2,1H3,(H,29,33). The molecule has 8 nitrogen and oxygen atoms in total. The average molecular weight is 554 g/mol. The van der Waals surface area contributed by atoms with Crippen LogP contribution >= 0.6 is 35.0 Å². The number of thioether (sulfide) groups is 1. The minimum atomic E-state index is -2.93.